The minimum absolute atomic E-state index is 0.475. The number of rotatable bonds is 4. The molecule has 0 radical (unpaired) electrons. The predicted octanol–water partition coefficient (Wildman–Crippen LogP) is 1.01. The maximum absolute atomic E-state index is 10.4. The van der Waals surface area contributed by atoms with Crippen molar-refractivity contribution in [3.05, 3.63) is 16.4 Å². The normalized spacial score (nSPS) is 10.3. The molecule has 0 amide bonds. The van der Waals surface area contributed by atoms with Gasteiger partial charge in [0.05, 0.1) is 5.75 Å². The van der Waals surface area contributed by atoms with Crippen LogP contribution in [0.4, 0.5) is 0 Å². The molecule has 4 nitrogen and oxygen atoms in total. The van der Waals surface area contributed by atoms with Crippen LogP contribution >= 0.6 is 11.8 Å². The van der Waals surface area contributed by atoms with Gasteiger partial charge in [0.2, 0.25) is 0 Å². The highest BCUT2D eigenvalue weighted by Gasteiger charge is 1.98. The third-order valence-electron chi connectivity index (χ3n) is 1.07. The molecule has 0 saturated carbocycles. The van der Waals surface area contributed by atoms with Gasteiger partial charge in [-0.15, -0.1) is 0 Å². The van der Waals surface area contributed by atoms with Crippen molar-refractivity contribution in [2.75, 3.05) is 5.75 Å². The molecule has 0 spiro atoms. The summed E-state index contributed by atoms with van der Waals surface area (Å²) in [6.45, 7) is 2.11. The third kappa shape index (κ3) is 2.80. The van der Waals surface area contributed by atoms with E-state index < -0.39 is 5.76 Å². The van der Waals surface area contributed by atoms with Crippen LogP contribution in [0.2, 0.25) is 0 Å². The highest BCUT2D eigenvalue weighted by molar-refractivity contribution is 7.98. The molecule has 0 bridgehead atoms. The summed E-state index contributed by atoms with van der Waals surface area (Å²) < 4.78 is 4.32. The lowest BCUT2D eigenvalue weighted by Crippen LogP contribution is -1.96. The number of nitrogens with one attached hydrogen (secondary N) is 1. The number of hydrogen-bond acceptors (Lipinski definition) is 4. The highest BCUT2D eigenvalue weighted by Crippen LogP contribution is 2.07. The minimum atomic E-state index is -0.475. The number of hydrogen-bond donors (Lipinski definition) is 1. The summed E-state index contributed by atoms with van der Waals surface area (Å²) in [5, 5.41) is 3.52. The lowest BCUT2D eigenvalue weighted by atomic mass is 10.6. The Morgan fingerprint density at radius 1 is 1.73 bits per heavy atom. The van der Waals surface area contributed by atoms with E-state index >= 15 is 0 Å². The van der Waals surface area contributed by atoms with Crippen LogP contribution in [0.3, 0.4) is 0 Å². The SMILES string of the molecule is CCCSCc1noc(=O)[nH]1. The molecule has 62 valence electrons. The summed E-state index contributed by atoms with van der Waals surface area (Å²) in [5.41, 5.74) is 0. The van der Waals surface area contributed by atoms with Crippen molar-refractivity contribution in [2.45, 2.75) is 19.1 Å². The second kappa shape index (κ2) is 4.23. The number of aromatic amines is 1. The number of H-pyrrole nitrogens is 1. The largest absolute Gasteiger partial charge is 0.438 e. The smallest absolute Gasteiger partial charge is 0.296 e. The first-order valence-corrected chi connectivity index (χ1v) is 4.61. The fourth-order valence-electron chi connectivity index (χ4n) is 0.636. The molecule has 1 aromatic heterocycles. The Bertz CT molecular complexity index is 255. The first-order valence-electron chi connectivity index (χ1n) is 3.45. The molecule has 0 unspecified atom stereocenters. The molecule has 1 heterocycles. The second-order valence-corrected chi connectivity index (χ2v) is 3.20. The Hall–Kier alpha value is -0.710. The van der Waals surface area contributed by atoms with E-state index in [0.717, 1.165) is 17.9 Å². The van der Waals surface area contributed by atoms with Gasteiger partial charge < -0.3 is 0 Å². The summed E-state index contributed by atoms with van der Waals surface area (Å²) in [7, 11) is 0. The Balaban J connectivity index is 2.33. The van der Waals surface area contributed by atoms with E-state index in [-0.39, 0.29) is 0 Å². The van der Waals surface area contributed by atoms with Crippen LogP contribution in [0.1, 0.15) is 19.2 Å². The standard InChI is InChI=1S/C6H10N2O2S/c1-2-3-11-4-5-7-6(9)10-8-5/h2-4H2,1H3,(H,7,8,9). The predicted molar refractivity (Wildman–Crippen MR) is 43.6 cm³/mol. The average Bonchev–Trinajstić information content (AvgIpc) is 2.37. The van der Waals surface area contributed by atoms with Crippen molar-refractivity contribution in [1.29, 1.82) is 0 Å². The first-order chi connectivity index (χ1) is 5.33. The molecule has 0 fully saturated rings. The Morgan fingerprint density at radius 2 is 2.55 bits per heavy atom. The fourth-order valence-corrected chi connectivity index (χ4v) is 1.39. The number of aromatic nitrogens is 2. The van der Waals surface area contributed by atoms with Crippen molar-refractivity contribution >= 4 is 11.8 Å². The third-order valence-corrected chi connectivity index (χ3v) is 2.25. The number of nitrogens with zero attached hydrogens (tertiary/aromatic N) is 1. The highest BCUT2D eigenvalue weighted by atomic mass is 32.2. The van der Waals surface area contributed by atoms with E-state index in [0.29, 0.717) is 5.82 Å². The van der Waals surface area contributed by atoms with Crippen LogP contribution < -0.4 is 5.76 Å². The van der Waals surface area contributed by atoms with Crippen LogP contribution in [0.15, 0.2) is 9.32 Å². The molecular weight excluding hydrogens is 164 g/mol. The maximum Gasteiger partial charge on any atom is 0.438 e. The average molecular weight is 174 g/mol. The summed E-state index contributed by atoms with van der Waals surface area (Å²) >= 11 is 1.73. The fraction of sp³-hybridized carbons (Fsp3) is 0.667. The molecule has 0 aliphatic rings. The zero-order chi connectivity index (χ0) is 8.10. The summed E-state index contributed by atoms with van der Waals surface area (Å²) in [5.74, 6) is 1.94. The topological polar surface area (TPSA) is 58.9 Å². The van der Waals surface area contributed by atoms with Crippen LogP contribution in [0.5, 0.6) is 0 Å². The van der Waals surface area contributed by atoms with Crippen molar-refractivity contribution in [3.8, 4) is 0 Å². The van der Waals surface area contributed by atoms with E-state index in [1.54, 1.807) is 11.8 Å². The second-order valence-electron chi connectivity index (χ2n) is 2.09. The van der Waals surface area contributed by atoms with Gasteiger partial charge in [-0.05, 0) is 12.2 Å². The van der Waals surface area contributed by atoms with E-state index in [2.05, 4.69) is 21.6 Å². The van der Waals surface area contributed by atoms with Gasteiger partial charge in [-0.2, -0.15) is 11.8 Å². The monoisotopic (exact) mass is 174 g/mol. The van der Waals surface area contributed by atoms with Crippen molar-refractivity contribution in [1.82, 2.24) is 10.1 Å². The maximum atomic E-state index is 10.4. The molecule has 0 atom stereocenters. The summed E-state index contributed by atoms with van der Waals surface area (Å²) in [4.78, 5) is 12.9. The molecule has 1 N–H and O–H groups in total. The number of thioether (sulfide) groups is 1. The van der Waals surface area contributed by atoms with Gasteiger partial charge in [0.25, 0.3) is 0 Å². The van der Waals surface area contributed by atoms with Crippen LogP contribution in [-0.2, 0) is 5.75 Å². The molecule has 11 heavy (non-hydrogen) atoms. The summed E-state index contributed by atoms with van der Waals surface area (Å²) in [6, 6.07) is 0. The zero-order valence-corrected chi connectivity index (χ0v) is 7.11. The van der Waals surface area contributed by atoms with Gasteiger partial charge in [0.1, 0.15) is 0 Å². The molecule has 0 aliphatic carbocycles. The quantitative estimate of drug-likeness (QED) is 0.692. The van der Waals surface area contributed by atoms with Crippen molar-refractivity contribution < 1.29 is 4.52 Å². The summed E-state index contributed by atoms with van der Waals surface area (Å²) in [6.07, 6.45) is 1.13. The molecule has 0 aliphatic heterocycles. The van der Waals surface area contributed by atoms with Crippen LogP contribution in [-0.4, -0.2) is 15.9 Å². The molecule has 0 saturated heterocycles. The van der Waals surface area contributed by atoms with E-state index in [1.807, 2.05) is 0 Å². The van der Waals surface area contributed by atoms with E-state index in [4.69, 9.17) is 0 Å². The van der Waals surface area contributed by atoms with Gasteiger partial charge in [-0.3, -0.25) is 9.51 Å². The Labute approximate surface area is 68.4 Å². The minimum Gasteiger partial charge on any atom is -0.296 e. The van der Waals surface area contributed by atoms with Gasteiger partial charge in [-0.25, -0.2) is 4.79 Å². The molecular formula is C6H10N2O2S. The van der Waals surface area contributed by atoms with Crippen LogP contribution in [0, 0.1) is 0 Å². The van der Waals surface area contributed by atoms with Gasteiger partial charge in [-0.1, -0.05) is 12.1 Å². The molecule has 1 aromatic rings. The molecule has 5 heteroatoms. The van der Waals surface area contributed by atoms with E-state index in [9.17, 15) is 4.79 Å². The Morgan fingerprint density at radius 3 is 3.09 bits per heavy atom. The van der Waals surface area contributed by atoms with E-state index in [1.165, 1.54) is 0 Å². The van der Waals surface area contributed by atoms with Crippen molar-refractivity contribution in [2.24, 2.45) is 0 Å². The lowest BCUT2D eigenvalue weighted by molar-refractivity contribution is 0.383. The lowest BCUT2D eigenvalue weighted by Gasteiger charge is -1.91. The zero-order valence-electron chi connectivity index (χ0n) is 6.29. The van der Waals surface area contributed by atoms with Gasteiger partial charge in [0.15, 0.2) is 5.82 Å². The van der Waals surface area contributed by atoms with Crippen LogP contribution in [0.25, 0.3) is 0 Å². The molecule has 0 aromatic carbocycles. The van der Waals surface area contributed by atoms with Crippen molar-refractivity contribution in [3.63, 3.8) is 0 Å². The molecule has 1 rings (SSSR count). The first kappa shape index (κ1) is 8.39. The Kier molecular flexibility index (Phi) is 3.22. The van der Waals surface area contributed by atoms with Gasteiger partial charge in [0, 0.05) is 0 Å². The van der Waals surface area contributed by atoms with Gasteiger partial charge >= 0.3 is 5.76 Å².